The predicted octanol–water partition coefficient (Wildman–Crippen LogP) is 4.41. The topological polar surface area (TPSA) is 18.5 Å². The van der Waals surface area contributed by atoms with E-state index in [9.17, 15) is 0 Å². The molecule has 2 nitrogen and oxygen atoms in total. The second-order valence-corrected chi connectivity index (χ2v) is 4.51. The van der Waals surface area contributed by atoms with Crippen LogP contribution in [-0.2, 0) is 0 Å². The molecule has 0 aliphatic carbocycles. The Balaban J connectivity index is 2.27. The van der Waals surface area contributed by atoms with Gasteiger partial charge in [-0.1, -0.05) is 17.7 Å². The summed E-state index contributed by atoms with van der Waals surface area (Å²) in [4.78, 5) is 0. The van der Waals surface area contributed by atoms with E-state index in [-0.39, 0.29) is 0 Å². The van der Waals surface area contributed by atoms with Gasteiger partial charge in [0, 0.05) is 0 Å². The maximum atomic E-state index is 5.84. The third kappa shape index (κ3) is 2.65. The van der Waals surface area contributed by atoms with Crippen LogP contribution in [0.4, 0.5) is 0 Å². The lowest BCUT2D eigenvalue weighted by Gasteiger charge is -2.12. The molecule has 2 heteroatoms. The van der Waals surface area contributed by atoms with Crippen LogP contribution in [0.15, 0.2) is 36.4 Å². The van der Waals surface area contributed by atoms with Crippen molar-refractivity contribution in [3.05, 3.63) is 53.1 Å². The molecule has 0 aromatic heterocycles. The molecular weight excluding hydrogens is 224 g/mol. The summed E-state index contributed by atoms with van der Waals surface area (Å²) in [7, 11) is 1.69. The molecule has 0 saturated heterocycles. The van der Waals surface area contributed by atoms with Crippen LogP contribution in [0.2, 0.25) is 0 Å². The van der Waals surface area contributed by atoms with Crippen molar-refractivity contribution in [1.82, 2.24) is 0 Å². The van der Waals surface area contributed by atoms with E-state index in [1.165, 1.54) is 5.56 Å². The molecule has 0 atom stereocenters. The fraction of sp³-hybridized carbons (Fsp3) is 0.250. The van der Waals surface area contributed by atoms with Crippen LogP contribution in [0.5, 0.6) is 17.2 Å². The normalized spacial score (nSPS) is 10.2. The first-order valence-electron chi connectivity index (χ1n) is 6.00. The summed E-state index contributed by atoms with van der Waals surface area (Å²) in [6.45, 7) is 6.10. The second kappa shape index (κ2) is 5.13. The highest BCUT2D eigenvalue weighted by molar-refractivity contribution is 5.47. The lowest BCUT2D eigenvalue weighted by Crippen LogP contribution is -1.93. The van der Waals surface area contributed by atoms with Crippen molar-refractivity contribution in [2.75, 3.05) is 7.11 Å². The minimum atomic E-state index is 0.842. The van der Waals surface area contributed by atoms with Crippen LogP contribution < -0.4 is 9.47 Å². The molecule has 0 unspecified atom stereocenters. The van der Waals surface area contributed by atoms with Gasteiger partial charge in [-0.15, -0.1) is 0 Å². The van der Waals surface area contributed by atoms with Gasteiger partial charge < -0.3 is 9.47 Å². The van der Waals surface area contributed by atoms with Gasteiger partial charge in [0.25, 0.3) is 0 Å². The van der Waals surface area contributed by atoms with Crippen molar-refractivity contribution >= 4 is 0 Å². The molecule has 0 spiro atoms. The largest absolute Gasteiger partial charge is 0.496 e. The SMILES string of the molecule is COc1c(C)cc(Oc2ccc(C)cc2)cc1C. The highest BCUT2D eigenvalue weighted by Crippen LogP contribution is 2.30. The molecule has 2 aromatic rings. The van der Waals surface area contributed by atoms with E-state index in [4.69, 9.17) is 9.47 Å². The maximum Gasteiger partial charge on any atom is 0.128 e. The smallest absolute Gasteiger partial charge is 0.128 e. The summed E-state index contributed by atoms with van der Waals surface area (Å²) in [5.41, 5.74) is 3.39. The zero-order valence-corrected chi connectivity index (χ0v) is 11.3. The van der Waals surface area contributed by atoms with E-state index in [1.54, 1.807) is 7.11 Å². The molecule has 2 aromatic carbocycles. The van der Waals surface area contributed by atoms with E-state index in [1.807, 2.05) is 50.2 Å². The zero-order chi connectivity index (χ0) is 13.1. The van der Waals surface area contributed by atoms with Crippen LogP contribution in [0.3, 0.4) is 0 Å². The molecule has 0 N–H and O–H groups in total. The number of hydrogen-bond donors (Lipinski definition) is 0. The molecule has 0 bridgehead atoms. The van der Waals surface area contributed by atoms with Gasteiger partial charge in [-0.05, 0) is 56.2 Å². The van der Waals surface area contributed by atoms with Gasteiger partial charge in [0.15, 0.2) is 0 Å². The third-order valence-corrected chi connectivity index (χ3v) is 2.89. The number of ether oxygens (including phenoxy) is 2. The number of hydrogen-bond acceptors (Lipinski definition) is 2. The number of aryl methyl sites for hydroxylation is 3. The quantitative estimate of drug-likeness (QED) is 0.793. The first-order chi connectivity index (χ1) is 8.60. The van der Waals surface area contributed by atoms with Crippen LogP contribution in [0.25, 0.3) is 0 Å². The lowest BCUT2D eigenvalue weighted by atomic mass is 10.1. The molecule has 2 rings (SSSR count). The molecule has 0 fully saturated rings. The molecule has 0 amide bonds. The molecule has 94 valence electrons. The first-order valence-corrected chi connectivity index (χ1v) is 6.00. The van der Waals surface area contributed by atoms with Gasteiger partial charge in [-0.3, -0.25) is 0 Å². The Morgan fingerprint density at radius 2 is 1.33 bits per heavy atom. The maximum absolute atomic E-state index is 5.84. The van der Waals surface area contributed by atoms with Crippen molar-refractivity contribution in [3.8, 4) is 17.2 Å². The van der Waals surface area contributed by atoms with Gasteiger partial charge in [-0.25, -0.2) is 0 Å². The summed E-state index contributed by atoms with van der Waals surface area (Å²) >= 11 is 0. The molecule has 0 heterocycles. The summed E-state index contributed by atoms with van der Waals surface area (Å²) in [5, 5.41) is 0. The highest BCUT2D eigenvalue weighted by Gasteiger charge is 2.06. The van der Waals surface area contributed by atoms with Crippen molar-refractivity contribution in [2.45, 2.75) is 20.8 Å². The van der Waals surface area contributed by atoms with E-state index in [0.717, 1.165) is 28.4 Å². The fourth-order valence-electron chi connectivity index (χ4n) is 2.03. The van der Waals surface area contributed by atoms with Crippen molar-refractivity contribution in [2.24, 2.45) is 0 Å². The minimum absolute atomic E-state index is 0.842. The average molecular weight is 242 g/mol. The lowest BCUT2D eigenvalue weighted by molar-refractivity contribution is 0.406. The van der Waals surface area contributed by atoms with Gasteiger partial charge >= 0.3 is 0 Å². The average Bonchev–Trinajstić information content (AvgIpc) is 2.32. The minimum Gasteiger partial charge on any atom is -0.496 e. The monoisotopic (exact) mass is 242 g/mol. The number of rotatable bonds is 3. The van der Waals surface area contributed by atoms with Gasteiger partial charge in [0.2, 0.25) is 0 Å². The van der Waals surface area contributed by atoms with Crippen molar-refractivity contribution in [3.63, 3.8) is 0 Å². The predicted molar refractivity (Wildman–Crippen MR) is 73.7 cm³/mol. The fourth-order valence-corrected chi connectivity index (χ4v) is 2.03. The summed E-state index contributed by atoms with van der Waals surface area (Å²) in [6, 6.07) is 12.0. The van der Waals surface area contributed by atoms with Crippen LogP contribution in [-0.4, -0.2) is 7.11 Å². The first kappa shape index (κ1) is 12.5. The summed E-state index contributed by atoms with van der Waals surface area (Å²) in [6.07, 6.45) is 0. The molecule has 0 radical (unpaired) electrons. The Kier molecular flexibility index (Phi) is 3.56. The molecular formula is C16H18O2. The Morgan fingerprint density at radius 3 is 1.83 bits per heavy atom. The standard InChI is InChI=1S/C16H18O2/c1-11-5-7-14(8-6-11)18-15-9-12(2)16(17-4)13(3)10-15/h5-10H,1-4H3. The Bertz CT molecular complexity index is 519. The second-order valence-electron chi connectivity index (χ2n) is 4.51. The molecule has 0 aliphatic rings. The number of benzene rings is 2. The molecule has 18 heavy (non-hydrogen) atoms. The molecule has 0 aliphatic heterocycles. The number of methoxy groups -OCH3 is 1. The van der Waals surface area contributed by atoms with Gasteiger partial charge in [0.1, 0.15) is 17.2 Å². The zero-order valence-electron chi connectivity index (χ0n) is 11.3. The highest BCUT2D eigenvalue weighted by atomic mass is 16.5. The Morgan fingerprint density at radius 1 is 0.778 bits per heavy atom. The van der Waals surface area contributed by atoms with Crippen LogP contribution >= 0.6 is 0 Å². The summed E-state index contributed by atoms with van der Waals surface area (Å²) in [5.74, 6) is 2.62. The summed E-state index contributed by atoms with van der Waals surface area (Å²) < 4.78 is 11.2. The van der Waals surface area contributed by atoms with E-state index in [2.05, 4.69) is 6.92 Å². The van der Waals surface area contributed by atoms with Crippen LogP contribution in [0, 0.1) is 20.8 Å². The van der Waals surface area contributed by atoms with Crippen molar-refractivity contribution < 1.29 is 9.47 Å². The van der Waals surface area contributed by atoms with E-state index >= 15 is 0 Å². The Hall–Kier alpha value is -1.96. The van der Waals surface area contributed by atoms with Crippen molar-refractivity contribution in [1.29, 1.82) is 0 Å². The third-order valence-electron chi connectivity index (χ3n) is 2.89. The molecule has 0 saturated carbocycles. The van der Waals surface area contributed by atoms with E-state index in [0.29, 0.717) is 0 Å². The van der Waals surface area contributed by atoms with Crippen LogP contribution in [0.1, 0.15) is 16.7 Å². The van der Waals surface area contributed by atoms with E-state index < -0.39 is 0 Å². The van der Waals surface area contributed by atoms with Gasteiger partial charge in [-0.2, -0.15) is 0 Å². The van der Waals surface area contributed by atoms with Gasteiger partial charge in [0.05, 0.1) is 7.11 Å². The Labute approximate surface area is 108 Å².